The Labute approximate surface area is 198 Å². The van der Waals surface area contributed by atoms with Crippen molar-refractivity contribution in [1.82, 2.24) is 4.57 Å². The van der Waals surface area contributed by atoms with E-state index in [1.165, 1.54) is 22.8 Å². The van der Waals surface area contributed by atoms with Gasteiger partial charge in [0.15, 0.2) is 0 Å². The average molecular weight is 486 g/mol. The average Bonchev–Trinajstić information content (AvgIpc) is 3.46. The van der Waals surface area contributed by atoms with Crippen LogP contribution < -0.4 is 10.1 Å². The molecule has 5 rings (SSSR count). The molecule has 0 aliphatic carbocycles. The van der Waals surface area contributed by atoms with Gasteiger partial charge in [-0.15, -0.1) is 0 Å². The number of fused-ring (bicyclic) bond motifs is 1. The van der Waals surface area contributed by atoms with Gasteiger partial charge in [0.05, 0.1) is 29.9 Å². The molecule has 9 heteroatoms. The Morgan fingerprint density at radius 2 is 1.89 bits per heavy atom. The molecule has 1 aromatic heterocycles. The number of halogens is 4. The third-order valence-electron chi connectivity index (χ3n) is 5.90. The fourth-order valence-electron chi connectivity index (χ4n) is 4.14. The van der Waals surface area contributed by atoms with Gasteiger partial charge < -0.3 is 19.9 Å². The first-order chi connectivity index (χ1) is 16.8. The van der Waals surface area contributed by atoms with E-state index in [0.29, 0.717) is 42.6 Å². The first-order valence-corrected chi connectivity index (χ1v) is 11.1. The number of nitrogens with one attached hydrogen (secondary N) is 1. The topological polar surface area (TPSA) is 55.7 Å². The summed E-state index contributed by atoms with van der Waals surface area (Å²) in [6, 6.07) is 14.7. The van der Waals surface area contributed by atoms with Crippen LogP contribution >= 0.6 is 0 Å². The van der Waals surface area contributed by atoms with Crippen molar-refractivity contribution in [3.05, 3.63) is 83.8 Å². The number of hydrogen-bond acceptors (Lipinski definition) is 4. The second kappa shape index (κ2) is 9.14. The molecule has 1 aliphatic rings. The van der Waals surface area contributed by atoms with Crippen molar-refractivity contribution in [2.75, 3.05) is 18.5 Å². The van der Waals surface area contributed by atoms with Crippen LogP contribution in [-0.4, -0.2) is 29.0 Å². The predicted molar refractivity (Wildman–Crippen MR) is 124 cm³/mol. The second-order valence-electron chi connectivity index (χ2n) is 8.39. The Balaban J connectivity index is 1.52. The van der Waals surface area contributed by atoms with Crippen molar-refractivity contribution in [3.63, 3.8) is 0 Å². The van der Waals surface area contributed by atoms with Gasteiger partial charge in [-0.25, -0.2) is 4.39 Å². The summed E-state index contributed by atoms with van der Waals surface area (Å²) in [6.45, 7) is 1.18. The van der Waals surface area contributed by atoms with E-state index >= 15 is 0 Å². The molecule has 3 aromatic carbocycles. The third kappa shape index (κ3) is 4.90. The minimum Gasteiger partial charge on any atom is -0.494 e. The lowest BCUT2D eigenvalue weighted by Gasteiger charge is -2.17. The van der Waals surface area contributed by atoms with Crippen LogP contribution in [-0.2, 0) is 17.5 Å². The van der Waals surface area contributed by atoms with Gasteiger partial charge in [0.25, 0.3) is 0 Å². The highest BCUT2D eigenvalue weighted by atomic mass is 19.4. The minimum atomic E-state index is -4.59. The number of aromatic nitrogens is 1. The van der Waals surface area contributed by atoms with Gasteiger partial charge in [-0.05, 0) is 35.9 Å². The molecule has 2 N–H and O–H groups in total. The van der Waals surface area contributed by atoms with E-state index < -0.39 is 11.7 Å². The molecular weight excluding hydrogens is 464 g/mol. The van der Waals surface area contributed by atoms with Crippen LogP contribution in [0.1, 0.15) is 17.5 Å². The third-order valence-corrected chi connectivity index (χ3v) is 5.90. The van der Waals surface area contributed by atoms with E-state index in [1.54, 1.807) is 36.5 Å². The van der Waals surface area contributed by atoms with Gasteiger partial charge in [-0.3, -0.25) is 4.57 Å². The van der Waals surface area contributed by atoms with Crippen molar-refractivity contribution in [3.8, 4) is 17.3 Å². The summed E-state index contributed by atoms with van der Waals surface area (Å²) >= 11 is 0. The lowest BCUT2D eigenvalue weighted by molar-refractivity contribution is -0.137. The SMILES string of the molecule is Oc1c2c(NCc3ccc(F)cc3)cccc2cn1-c1cc(OC2CCOC2)cc(C(F)(F)F)c1. The number of aromatic hydroxyl groups is 1. The Bertz CT molecular complexity index is 1340. The van der Waals surface area contributed by atoms with E-state index in [4.69, 9.17) is 9.47 Å². The van der Waals surface area contributed by atoms with Gasteiger partial charge >= 0.3 is 6.18 Å². The largest absolute Gasteiger partial charge is 0.494 e. The number of anilines is 1. The van der Waals surface area contributed by atoms with Gasteiger partial charge in [0.1, 0.15) is 17.7 Å². The molecule has 1 fully saturated rings. The van der Waals surface area contributed by atoms with Crippen LogP contribution in [0, 0.1) is 5.82 Å². The van der Waals surface area contributed by atoms with Crippen molar-refractivity contribution < 1.29 is 32.1 Å². The molecule has 1 aliphatic heterocycles. The smallest absolute Gasteiger partial charge is 0.416 e. The number of rotatable bonds is 6. The normalized spacial score (nSPS) is 16.1. The van der Waals surface area contributed by atoms with E-state index in [1.807, 2.05) is 0 Å². The second-order valence-corrected chi connectivity index (χ2v) is 8.39. The molecule has 2 heterocycles. The predicted octanol–water partition coefficient (Wildman–Crippen LogP) is 6.27. The van der Waals surface area contributed by atoms with E-state index in [2.05, 4.69) is 5.32 Å². The summed E-state index contributed by atoms with van der Waals surface area (Å²) in [6.07, 6.45) is -2.76. The zero-order valence-corrected chi connectivity index (χ0v) is 18.5. The first kappa shape index (κ1) is 23.0. The summed E-state index contributed by atoms with van der Waals surface area (Å²) in [5.41, 5.74) is 0.662. The maximum atomic E-state index is 13.6. The van der Waals surface area contributed by atoms with Gasteiger partial charge in [0, 0.05) is 36.3 Å². The van der Waals surface area contributed by atoms with Crippen LogP contribution in [0.4, 0.5) is 23.2 Å². The van der Waals surface area contributed by atoms with Gasteiger partial charge in [-0.2, -0.15) is 13.2 Å². The number of alkyl halides is 3. The standard InChI is InChI=1S/C26H22F4N2O3/c27-19-6-4-16(5-7-19)13-31-23-3-1-2-17-14-32(25(33)24(17)23)20-10-18(26(28,29)30)11-22(12-20)35-21-8-9-34-15-21/h1-7,10-12,14,21,31,33H,8-9,13,15H2. The maximum absolute atomic E-state index is 13.6. The molecule has 1 atom stereocenters. The summed E-state index contributed by atoms with van der Waals surface area (Å²) in [7, 11) is 0. The number of ether oxygens (including phenoxy) is 2. The Morgan fingerprint density at radius 3 is 2.60 bits per heavy atom. The minimum absolute atomic E-state index is 0.0529. The van der Waals surface area contributed by atoms with Crippen molar-refractivity contribution in [2.24, 2.45) is 0 Å². The zero-order chi connectivity index (χ0) is 24.6. The molecule has 0 radical (unpaired) electrons. The molecule has 4 aromatic rings. The van der Waals surface area contributed by atoms with Crippen LogP contribution in [0.25, 0.3) is 16.5 Å². The zero-order valence-electron chi connectivity index (χ0n) is 18.5. The summed E-state index contributed by atoms with van der Waals surface area (Å²) < 4.78 is 66.4. The first-order valence-electron chi connectivity index (χ1n) is 11.1. The molecule has 5 nitrogen and oxygen atoms in total. The number of nitrogens with zero attached hydrogens (tertiary/aromatic N) is 1. The Hall–Kier alpha value is -3.72. The molecule has 1 unspecified atom stereocenters. The Kier molecular flexibility index (Phi) is 6.02. The van der Waals surface area contributed by atoms with E-state index in [-0.39, 0.29) is 29.2 Å². The van der Waals surface area contributed by atoms with Crippen LogP contribution in [0.5, 0.6) is 11.6 Å². The molecule has 35 heavy (non-hydrogen) atoms. The lowest BCUT2D eigenvalue weighted by Crippen LogP contribution is -2.16. The van der Waals surface area contributed by atoms with E-state index in [9.17, 15) is 22.7 Å². The van der Waals surface area contributed by atoms with Gasteiger partial charge in [0.2, 0.25) is 5.88 Å². The highest BCUT2D eigenvalue weighted by molar-refractivity contribution is 5.99. The number of hydrogen-bond donors (Lipinski definition) is 2. The highest BCUT2D eigenvalue weighted by Gasteiger charge is 2.32. The van der Waals surface area contributed by atoms with Gasteiger partial charge in [-0.1, -0.05) is 24.3 Å². The van der Waals surface area contributed by atoms with Crippen molar-refractivity contribution in [2.45, 2.75) is 25.2 Å². The number of benzene rings is 3. The fraction of sp³-hybridized carbons (Fsp3) is 0.231. The van der Waals surface area contributed by atoms with E-state index in [0.717, 1.165) is 17.7 Å². The molecule has 1 saturated heterocycles. The molecule has 0 spiro atoms. The van der Waals surface area contributed by atoms with Crippen molar-refractivity contribution >= 4 is 16.5 Å². The quantitative estimate of drug-likeness (QED) is 0.315. The lowest BCUT2D eigenvalue weighted by atomic mass is 10.1. The van der Waals surface area contributed by atoms with Crippen LogP contribution in [0.3, 0.4) is 0 Å². The van der Waals surface area contributed by atoms with Crippen LogP contribution in [0.2, 0.25) is 0 Å². The summed E-state index contributed by atoms with van der Waals surface area (Å²) in [5.74, 6) is -0.496. The highest BCUT2D eigenvalue weighted by Crippen LogP contribution is 2.39. The Morgan fingerprint density at radius 1 is 1.09 bits per heavy atom. The van der Waals surface area contributed by atoms with Crippen molar-refractivity contribution in [1.29, 1.82) is 0 Å². The fourth-order valence-corrected chi connectivity index (χ4v) is 4.14. The monoisotopic (exact) mass is 486 g/mol. The summed E-state index contributed by atoms with van der Waals surface area (Å²) in [5, 5.41) is 15.4. The molecule has 0 amide bonds. The maximum Gasteiger partial charge on any atom is 0.416 e. The molecule has 0 saturated carbocycles. The molecule has 182 valence electrons. The molecular formula is C26H22F4N2O3. The molecule has 0 bridgehead atoms. The van der Waals surface area contributed by atoms with Crippen LogP contribution in [0.15, 0.2) is 66.9 Å². The summed E-state index contributed by atoms with van der Waals surface area (Å²) in [4.78, 5) is 0.